The molecule has 0 radical (unpaired) electrons. The molecule has 6 heteroatoms. The average molecular weight is 472 g/mol. The number of benzene rings is 3. The van der Waals surface area contributed by atoms with E-state index in [4.69, 9.17) is 17.0 Å². The van der Waals surface area contributed by atoms with Gasteiger partial charge in [0.25, 0.3) is 0 Å². The van der Waals surface area contributed by atoms with Crippen LogP contribution in [-0.2, 0) is 11.2 Å². The summed E-state index contributed by atoms with van der Waals surface area (Å²) < 4.78 is 6.62. The van der Waals surface area contributed by atoms with E-state index < -0.39 is 11.6 Å². The van der Waals surface area contributed by atoms with Crippen LogP contribution in [0.1, 0.15) is 35.2 Å². The van der Waals surface area contributed by atoms with Gasteiger partial charge in [0.2, 0.25) is 5.91 Å². The quantitative estimate of drug-likeness (QED) is 0.505. The molecule has 2 aliphatic heterocycles. The number of nitrogens with one attached hydrogen (secondary N) is 2. The predicted molar refractivity (Wildman–Crippen MR) is 139 cm³/mol. The number of carbonyl (C=O) groups is 1. The number of carbonyl (C=O) groups excluding carboxylic acids is 1. The Morgan fingerprint density at radius 2 is 1.82 bits per heavy atom. The molecule has 1 amide bonds. The van der Waals surface area contributed by atoms with Crippen LogP contribution in [0.5, 0.6) is 5.75 Å². The highest BCUT2D eigenvalue weighted by Gasteiger charge is 2.58. The van der Waals surface area contributed by atoms with Crippen molar-refractivity contribution in [1.82, 2.24) is 10.2 Å². The lowest BCUT2D eigenvalue weighted by Crippen LogP contribution is -2.71. The Balaban J connectivity index is 1.51. The Morgan fingerprint density at radius 1 is 1.09 bits per heavy atom. The summed E-state index contributed by atoms with van der Waals surface area (Å²) in [6.45, 7) is 6.68. The van der Waals surface area contributed by atoms with Gasteiger partial charge in [-0.25, -0.2) is 0 Å². The van der Waals surface area contributed by atoms with Crippen molar-refractivity contribution in [3.63, 3.8) is 0 Å². The zero-order valence-electron chi connectivity index (χ0n) is 19.7. The molecular weight excluding hydrogens is 442 g/mol. The summed E-state index contributed by atoms with van der Waals surface area (Å²) >= 11 is 5.81. The molecule has 0 aromatic heterocycles. The van der Waals surface area contributed by atoms with Crippen molar-refractivity contribution >= 4 is 28.9 Å². The molecule has 0 unspecified atom stereocenters. The summed E-state index contributed by atoms with van der Waals surface area (Å²) in [6.07, 6.45) is 0.791. The first-order valence-electron chi connectivity index (χ1n) is 11.6. The maximum Gasteiger partial charge on any atom is 0.236 e. The highest BCUT2D eigenvalue weighted by Crippen LogP contribution is 2.48. The molecule has 2 heterocycles. The minimum absolute atomic E-state index is 0.0892. The average Bonchev–Trinajstić information content (AvgIpc) is 2.81. The number of fused-ring (bicyclic) bond motifs is 4. The number of amides is 1. The Bertz CT molecular complexity index is 1250. The lowest BCUT2D eigenvalue weighted by Gasteiger charge is -2.56. The largest absolute Gasteiger partial charge is 0.467 e. The number of thiocarbonyl (C=S) groups is 1. The highest BCUT2D eigenvalue weighted by molar-refractivity contribution is 7.80. The molecule has 5 rings (SSSR count). The van der Waals surface area contributed by atoms with E-state index in [1.54, 1.807) is 0 Å². The fourth-order valence-electron chi connectivity index (χ4n) is 5.17. The molecule has 0 saturated carbocycles. The molecule has 0 spiro atoms. The van der Waals surface area contributed by atoms with E-state index in [0.29, 0.717) is 11.7 Å². The maximum absolute atomic E-state index is 13.9. The second-order valence-electron chi connectivity index (χ2n) is 9.29. The number of ether oxygens (including phenoxy) is 1. The summed E-state index contributed by atoms with van der Waals surface area (Å²) in [5.74, 6) is 0.185. The lowest BCUT2D eigenvalue weighted by molar-refractivity contribution is -0.149. The fourth-order valence-corrected chi connectivity index (χ4v) is 5.57. The van der Waals surface area contributed by atoms with Crippen LogP contribution in [-0.4, -0.2) is 28.2 Å². The molecular formula is C28H29N3O2S. The Labute approximate surface area is 206 Å². The molecule has 0 aliphatic carbocycles. The molecule has 5 nitrogen and oxygen atoms in total. The zero-order valence-corrected chi connectivity index (χ0v) is 20.5. The van der Waals surface area contributed by atoms with Gasteiger partial charge in [-0.2, -0.15) is 0 Å². The van der Waals surface area contributed by atoms with Crippen LogP contribution in [0, 0.1) is 19.8 Å². The van der Waals surface area contributed by atoms with Crippen LogP contribution in [0.25, 0.3) is 0 Å². The van der Waals surface area contributed by atoms with Crippen molar-refractivity contribution in [3.8, 4) is 5.75 Å². The van der Waals surface area contributed by atoms with Gasteiger partial charge in [0.15, 0.2) is 10.8 Å². The van der Waals surface area contributed by atoms with Gasteiger partial charge in [0.05, 0.1) is 6.04 Å². The number of aryl methyl sites for hydroxylation is 2. The van der Waals surface area contributed by atoms with Gasteiger partial charge in [-0.15, -0.1) is 0 Å². The third kappa shape index (κ3) is 3.92. The first-order chi connectivity index (χ1) is 16.4. The van der Waals surface area contributed by atoms with Crippen LogP contribution in [0.2, 0.25) is 0 Å². The van der Waals surface area contributed by atoms with Crippen molar-refractivity contribution in [3.05, 3.63) is 95.1 Å². The topological polar surface area (TPSA) is 53.6 Å². The van der Waals surface area contributed by atoms with Gasteiger partial charge in [0, 0.05) is 17.8 Å². The number of rotatable bonds is 5. The van der Waals surface area contributed by atoms with Crippen molar-refractivity contribution < 1.29 is 9.53 Å². The Hall–Kier alpha value is -3.38. The van der Waals surface area contributed by atoms with Crippen molar-refractivity contribution in [2.45, 2.75) is 39.0 Å². The van der Waals surface area contributed by atoms with Crippen molar-refractivity contribution in [1.29, 1.82) is 0 Å². The van der Waals surface area contributed by atoms with Gasteiger partial charge < -0.3 is 20.3 Å². The summed E-state index contributed by atoms with van der Waals surface area (Å²) in [5.41, 5.74) is 4.24. The van der Waals surface area contributed by atoms with E-state index in [0.717, 1.165) is 34.5 Å². The number of hydrogen-bond donors (Lipinski definition) is 2. The molecule has 1 fully saturated rings. The molecule has 2 bridgehead atoms. The second-order valence-corrected chi connectivity index (χ2v) is 9.68. The van der Waals surface area contributed by atoms with Crippen LogP contribution in [0.15, 0.2) is 72.8 Å². The van der Waals surface area contributed by atoms with E-state index >= 15 is 0 Å². The van der Waals surface area contributed by atoms with E-state index in [-0.39, 0.29) is 11.9 Å². The van der Waals surface area contributed by atoms with Crippen LogP contribution < -0.4 is 15.4 Å². The molecule has 2 aliphatic rings. The monoisotopic (exact) mass is 471 g/mol. The molecule has 174 valence electrons. The lowest BCUT2D eigenvalue weighted by atomic mass is 9.78. The van der Waals surface area contributed by atoms with Crippen molar-refractivity contribution in [2.24, 2.45) is 5.92 Å². The highest BCUT2D eigenvalue weighted by atomic mass is 32.1. The van der Waals surface area contributed by atoms with E-state index in [1.165, 1.54) is 5.56 Å². The molecule has 2 N–H and O–H groups in total. The van der Waals surface area contributed by atoms with E-state index in [1.807, 2.05) is 80.3 Å². The minimum Gasteiger partial charge on any atom is -0.467 e. The fraction of sp³-hybridized carbons (Fsp3) is 0.286. The van der Waals surface area contributed by atoms with E-state index in [2.05, 4.69) is 28.8 Å². The predicted octanol–water partition coefficient (Wildman–Crippen LogP) is 5.14. The number of para-hydroxylation sites is 1. The smallest absolute Gasteiger partial charge is 0.236 e. The van der Waals surface area contributed by atoms with Gasteiger partial charge in [-0.05, 0) is 62.7 Å². The van der Waals surface area contributed by atoms with Gasteiger partial charge in [-0.3, -0.25) is 4.79 Å². The maximum atomic E-state index is 13.9. The Kier molecular flexibility index (Phi) is 5.78. The normalized spacial score (nSPS) is 22.9. The third-order valence-electron chi connectivity index (χ3n) is 6.93. The molecule has 3 aromatic carbocycles. The first-order valence-corrected chi connectivity index (χ1v) is 12.1. The first kappa shape index (κ1) is 22.4. The van der Waals surface area contributed by atoms with E-state index in [9.17, 15) is 4.79 Å². The molecule has 1 saturated heterocycles. The minimum atomic E-state index is -0.932. The van der Waals surface area contributed by atoms with Gasteiger partial charge >= 0.3 is 0 Å². The summed E-state index contributed by atoms with van der Waals surface area (Å²) in [4.78, 5) is 15.9. The Morgan fingerprint density at radius 3 is 2.59 bits per heavy atom. The summed E-state index contributed by atoms with van der Waals surface area (Å²) in [5, 5.41) is 7.25. The molecule has 3 atom stereocenters. The van der Waals surface area contributed by atoms with Crippen LogP contribution >= 0.6 is 12.2 Å². The van der Waals surface area contributed by atoms with Gasteiger partial charge in [-0.1, -0.05) is 66.2 Å². The molecule has 3 aromatic rings. The van der Waals surface area contributed by atoms with Gasteiger partial charge in [0.1, 0.15) is 11.7 Å². The van der Waals surface area contributed by atoms with Crippen LogP contribution in [0.4, 0.5) is 5.69 Å². The number of nitrogens with zero attached hydrogens (tertiary/aromatic N) is 1. The van der Waals surface area contributed by atoms with Crippen LogP contribution in [0.3, 0.4) is 0 Å². The summed E-state index contributed by atoms with van der Waals surface area (Å²) in [6, 6.07) is 24.0. The third-order valence-corrected chi connectivity index (χ3v) is 7.27. The number of anilines is 1. The second kappa shape index (κ2) is 8.76. The van der Waals surface area contributed by atoms with Crippen molar-refractivity contribution in [2.75, 3.05) is 11.9 Å². The number of hydrogen-bond acceptors (Lipinski definition) is 3. The summed E-state index contributed by atoms with van der Waals surface area (Å²) in [7, 11) is 0. The zero-order chi connectivity index (χ0) is 23.9. The SMILES string of the molecule is Cc1ccc(NC(=O)[C@@H]2[C@@H]3NC(=S)N(CCc4ccccc4)[C@@]2(C)Oc2ccccc23)c(C)c1. The standard InChI is InChI=1S/C28H29N3O2S/c1-18-13-14-22(19(2)17-18)29-26(32)24-25-21-11-7-8-12-23(21)33-28(24,3)31(27(34)30-25)16-15-20-9-5-4-6-10-20/h4-14,17,24-25H,15-16H2,1-3H3,(H,29,32)(H,30,34)/t24-,25+,28-/m0/s1. The molecule has 34 heavy (non-hydrogen) atoms.